The van der Waals surface area contributed by atoms with E-state index in [1.165, 1.54) is 0 Å². The molecule has 0 atom stereocenters. The average molecular weight is 445 g/mol. The lowest BCUT2D eigenvalue weighted by atomic mass is 9.93. The Balaban J connectivity index is 1.40. The van der Waals surface area contributed by atoms with Crippen molar-refractivity contribution in [3.05, 3.63) is 71.8 Å². The van der Waals surface area contributed by atoms with Gasteiger partial charge in [0.15, 0.2) is 0 Å². The first-order valence-electron chi connectivity index (χ1n) is 11.5. The number of amides is 1. The molecule has 33 heavy (non-hydrogen) atoms. The van der Waals surface area contributed by atoms with Crippen molar-refractivity contribution in [3.8, 4) is 0 Å². The van der Waals surface area contributed by atoms with Crippen LogP contribution < -0.4 is 10.6 Å². The summed E-state index contributed by atoms with van der Waals surface area (Å²) in [5.74, 6) is 2.68. The normalized spacial score (nSPS) is 14.7. The van der Waals surface area contributed by atoms with Crippen LogP contribution in [0.3, 0.4) is 0 Å². The molecule has 1 amide bonds. The quantitative estimate of drug-likeness (QED) is 0.567. The second kappa shape index (κ2) is 9.57. The lowest BCUT2D eigenvalue weighted by Gasteiger charge is -2.37. The van der Waals surface area contributed by atoms with Gasteiger partial charge >= 0.3 is 0 Å². The molecule has 1 aromatic carbocycles. The van der Waals surface area contributed by atoms with Crippen molar-refractivity contribution < 1.29 is 4.79 Å². The molecule has 2 aromatic heterocycles. The van der Waals surface area contributed by atoms with Crippen molar-refractivity contribution in [1.29, 1.82) is 0 Å². The van der Waals surface area contributed by atoms with Gasteiger partial charge in [-0.1, -0.05) is 24.3 Å². The van der Waals surface area contributed by atoms with E-state index in [9.17, 15) is 4.79 Å². The summed E-state index contributed by atoms with van der Waals surface area (Å²) in [5.41, 5.74) is 2.36. The molecular formula is C26H32N6O. The summed E-state index contributed by atoms with van der Waals surface area (Å²) in [6.07, 6.45) is 3.44. The molecule has 7 heteroatoms. The number of hydrogen-bond acceptors (Lipinski definition) is 6. The maximum atomic E-state index is 13.3. The molecular weight excluding hydrogens is 412 g/mol. The smallest absolute Gasteiger partial charge is 0.247 e. The number of likely N-dealkylation sites (tertiary alicyclic amines) is 1. The SMILES string of the molecule is Cc1cc(Nc2ccccn2)nc(C2CCN(C(=O)C(C)(C)Nc3ccccc3C)CC2)n1. The third kappa shape index (κ3) is 5.48. The van der Waals surface area contributed by atoms with Gasteiger partial charge in [0.05, 0.1) is 0 Å². The van der Waals surface area contributed by atoms with Crippen LogP contribution in [-0.4, -0.2) is 44.4 Å². The van der Waals surface area contributed by atoms with Crippen LogP contribution in [0.2, 0.25) is 0 Å². The molecule has 1 aliphatic heterocycles. The largest absolute Gasteiger partial charge is 0.371 e. The number of benzene rings is 1. The molecule has 3 aromatic rings. The summed E-state index contributed by atoms with van der Waals surface area (Å²) in [6.45, 7) is 9.33. The zero-order valence-electron chi connectivity index (χ0n) is 19.8. The highest BCUT2D eigenvalue weighted by molar-refractivity contribution is 5.89. The Morgan fingerprint density at radius 3 is 2.42 bits per heavy atom. The fourth-order valence-corrected chi connectivity index (χ4v) is 4.25. The molecule has 0 bridgehead atoms. The third-order valence-corrected chi connectivity index (χ3v) is 6.07. The number of nitrogens with zero attached hydrogens (tertiary/aromatic N) is 4. The number of hydrogen-bond donors (Lipinski definition) is 2. The summed E-state index contributed by atoms with van der Waals surface area (Å²) in [6, 6.07) is 15.7. The molecule has 1 aliphatic rings. The van der Waals surface area contributed by atoms with Gasteiger partial charge in [0.2, 0.25) is 5.91 Å². The first kappa shape index (κ1) is 22.7. The van der Waals surface area contributed by atoms with Crippen molar-refractivity contribution in [2.24, 2.45) is 0 Å². The van der Waals surface area contributed by atoms with Crippen LogP contribution in [0.5, 0.6) is 0 Å². The van der Waals surface area contributed by atoms with Gasteiger partial charge in [0, 0.05) is 42.7 Å². The Labute approximate surface area is 195 Å². The Bertz CT molecular complexity index is 1110. The van der Waals surface area contributed by atoms with Crippen LogP contribution in [-0.2, 0) is 4.79 Å². The topological polar surface area (TPSA) is 83.0 Å². The molecule has 7 nitrogen and oxygen atoms in total. The van der Waals surface area contributed by atoms with Crippen LogP contribution in [0.25, 0.3) is 0 Å². The van der Waals surface area contributed by atoms with Gasteiger partial charge in [-0.2, -0.15) is 0 Å². The van der Waals surface area contributed by atoms with Crippen molar-refractivity contribution in [1.82, 2.24) is 19.9 Å². The monoisotopic (exact) mass is 444 g/mol. The Kier molecular flexibility index (Phi) is 6.58. The van der Waals surface area contributed by atoms with E-state index in [1.54, 1.807) is 6.20 Å². The molecule has 1 saturated heterocycles. The van der Waals surface area contributed by atoms with E-state index in [1.807, 2.05) is 81.1 Å². The molecule has 4 rings (SSSR count). The van der Waals surface area contributed by atoms with Crippen molar-refractivity contribution >= 4 is 23.2 Å². The van der Waals surface area contributed by atoms with E-state index in [0.29, 0.717) is 13.1 Å². The zero-order chi connectivity index (χ0) is 23.4. The van der Waals surface area contributed by atoms with Crippen LogP contribution in [0.4, 0.5) is 17.3 Å². The lowest BCUT2D eigenvalue weighted by Crippen LogP contribution is -2.52. The molecule has 172 valence electrons. The van der Waals surface area contributed by atoms with Gasteiger partial charge in [0.1, 0.15) is 23.0 Å². The van der Waals surface area contributed by atoms with E-state index in [2.05, 4.69) is 15.6 Å². The maximum absolute atomic E-state index is 13.3. The Morgan fingerprint density at radius 2 is 1.73 bits per heavy atom. The third-order valence-electron chi connectivity index (χ3n) is 6.07. The summed E-state index contributed by atoms with van der Waals surface area (Å²) in [5, 5.41) is 6.70. The fraction of sp³-hybridized carbons (Fsp3) is 0.385. The second-order valence-corrected chi connectivity index (χ2v) is 9.22. The number of aromatic nitrogens is 3. The van der Waals surface area contributed by atoms with Crippen LogP contribution in [0.15, 0.2) is 54.7 Å². The summed E-state index contributed by atoms with van der Waals surface area (Å²) in [4.78, 5) is 29.0. The number of para-hydroxylation sites is 1. The predicted octanol–water partition coefficient (Wildman–Crippen LogP) is 4.83. The fourth-order valence-electron chi connectivity index (χ4n) is 4.25. The zero-order valence-corrected chi connectivity index (χ0v) is 19.8. The van der Waals surface area contributed by atoms with Gasteiger partial charge in [-0.05, 0) is 64.3 Å². The van der Waals surface area contributed by atoms with Crippen LogP contribution in [0, 0.1) is 13.8 Å². The average Bonchev–Trinajstić information content (AvgIpc) is 2.80. The molecule has 0 saturated carbocycles. The maximum Gasteiger partial charge on any atom is 0.247 e. The van der Waals surface area contributed by atoms with Gasteiger partial charge < -0.3 is 15.5 Å². The van der Waals surface area contributed by atoms with Crippen molar-refractivity contribution in [2.45, 2.75) is 52.0 Å². The Hall–Kier alpha value is -3.48. The van der Waals surface area contributed by atoms with E-state index < -0.39 is 5.54 Å². The minimum Gasteiger partial charge on any atom is -0.371 e. The number of pyridine rings is 1. The highest BCUT2D eigenvalue weighted by Gasteiger charge is 2.35. The molecule has 2 N–H and O–H groups in total. The minimum atomic E-state index is -0.682. The number of aryl methyl sites for hydroxylation is 2. The highest BCUT2D eigenvalue weighted by Crippen LogP contribution is 2.29. The molecule has 0 aliphatic carbocycles. The summed E-state index contributed by atoms with van der Waals surface area (Å²) in [7, 11) is 0. The van der Waals surface area contributed by atoms with E-state index in [0.717, 1.165) is 47.2 Å². The molecule has 3 heterocycles. The van der Waals surface area contributed by atoms with E-state index in [-0.39, 0.29) is 11.8 Å². The molecule has 1 fully saturated rings. The van der Waals surface area contributed by atoms with Crippen LogP contribution >= 0.6 is 0 Å². The number of piperidine rings is 1. The summed E-state index contributed by atoms with van der Waals surface area (Å²) < 4.78 is 0. The minimum absolute atomic E-state index is 0.117. The number of nitrogens with one attached hydrogen (secondary N) is 2. The van der Waals surface area contributed by atoms with E-state index >= 15 is 0 Å². The standard InChI is InChI=1S/C26H32N6O/c1-18-9-5-6-10-21(18)31-26(3,4)25(33)32-15-12-20(13-16-32)24-28-19(2)17-23(30-24)29-22-11-7-8-14-27-22/h5-11,14,17,20,31H,12-13,15-16H2,1-4H3,(H,27,28,29,30). The molecule has 0 unspecified atom stereocenters. The van der Waals surface area contributed by atoms with Crippen molar-refractivity contribution in [2.75, 3.05) is 23.7 Å². The number of carbonyl (C=O) groups is 1. The van der Waals surface area contributed by atoms with Gasteiger partial charge in [0.25, 0.3) is 0 Å². The van der Waals surface area contributed by atoms with Gasteiger partial charge in [-0.15, -0.1) is 0 Å². The first-order valence-corrected chi connectivity index (χ1v) is 11.5. The molecule has 0 spiro atoms. The number of anilines is 3. The first-order chi connectivity index (χ1) is 15.8. The summed E-state index contributed by atoms with van der Waals surface area (Å²) >= 11 is 0. The predicted molar refractivity (Wildman–Crippen MR) is 132 cm³/mol. The lowest BCUT2D eigenvalue weighted by molar-refractivity contribution is -0.136. The van der Waals surface area contributed by atoms with Gasteiger partial charge in [-0.25, -0.2) is 15.0 Å². The molecule has 0 radical (unpaired) electrons. The van der Waals surface area contributed by atoms with Gasteiger partial charge in [-0.3, -0.25) is 4.79 Å². The van der Waals surface area contributed by atoms with Crippen LogP contribution in [0.1, 0.15) is 49.7 Å². The Morgan fingerprint density at radius 1 is 1.00 bits per heavy atom. The number of carbonyl (C=O) groups excluding carboxylic acids is 1. The van der Waals surface area contributed by atoms with E-state index in [4.69, 9.17) is 9.97 Å². The van der Waals surface area contributed by atoms with Crippen molar-refractivity contribution in [3.63, 3.8) is 0 Å². The number of rotatable bonds is 6. The highest BCUT2D eigenvalue weighted by atomic mass is 16.2. The second-order valence-electron chi connectivity index (χ2n) is 9.22.